The van der Waals surface area contributed by atoms with Crippen LogP contribution in [-0.2, 0) is 55.6 Å². The number of rotatable bonds is 19. The summed E-state index contributed by atoms with van der Waals surface area (Å²) in [4.78, 5) is 43.4. The van der Waals surface area contributed by atoms with Gasteiger partial charge < -0.3 is 43.4 Å². The third kappa shape index (κ3) is 10.4. The van der Waals surface area contributed by atoms with E-state index in [0.717, 1.165) is 22.4 Å². The topological polar surface area (TPSA) is 214 Å². The molecule has 9 rings (SSSR count). The molecule has 19 heteroatoms. The van der Waals surface area contributed by atoms with Crippen molar-refractivity contribution in [2.24, 2.45) is 5.41 Å². The first-order valence-electron chi connectivity index (χ1n) is 23.0. The summed E-state index contributed by atoms with van der Waals surface area (Å²) < 4.78 is 42.3. The Morgan fingerprint density at radius 2 is 1.48 bits per heavy atom. The van der Waals surface area contributed by atoms with Crippen molar-refractivity contribution in [2.75, 3.05) is 26.1 Å². The highest BCUT2D eigenvalue weighted by Gasteiger charge is 2.48. The molecule has 0 aliphatic carbocycles. The Hall–Kier alpha value is -7.84. The molecule has 1 amide bonds. The Bertz CT molecular complexity index is 3000. The van der Waals surface area contributed by atoms with Crippen LogP contribution in [0.25, 0.3) is 11.2 Å². The minimum absolute atomic E-state index is 0.0406. The number of fused-ring (bicyclic) bond motifs is 1. The van der Waals surface area contributed by atoms with E-state index in [2.05, 4.69) is 35.6 Å². The first-order valence-corrected chi connectivity index (χ1v) is 23.0. The van der Waals surface area contributed by atoms with Gasteiger partial charge >= 0.3 is 5.97 Å². The van der Waals surface area contributed by atoms with E-state index in [1.165, 1.54) is 12.7 Å². The fourth-order valence-electron chi connectivity index (χ4n) is 8.38. The molecule has 4 aromatic carbocycles. The highest BCUT2D eigenvalue weighted by atomic mass is 16.6. The summed E-state index contributed by atoms with van der Waals surface area (Å²) in [6.07, 6.45) is 4.20. The first kappa shape index (κ1) is 48.2. The third-order valence-electron chi connectivity index (χ3n) is 12.2. The van der Waals surface area contributed by atoms with Crippen LogP contribution in [0, 0.1) is 5.41 Å². The molecule has 0 saturated carbocycles. The van der Waals surface area contributed by atoms with Gasteiger partial charge in [0.25, 0.3) is 5.91 Å². The third-order valence-corrected chi connectivity index (χ3v) is 12.2. The van der Waals surface area contributed by atoms with Crippen LogP contribution in [-0.4, -0.2) is 100 Å². The number of methoxy groups -OCH3 is 2. The molecule has 4 aromatic heterocycles. The zero-order valence-corrected chi connectivity index (χ0v) is 39.9. The normalized spacial score (nSPS) is 17.0. The second kappa shape index (κ2) is 21.0. The summed E-state index contributed by atoms with van der Waals surface area (Å²) in [7, 11) is 3.23. The number of aryl methyl sites for hydroxylation is 2. The second-order valence-corrected chi connectivity index (χ2v) is 17.9. The molecule has 1 fully saturated rings. The number of imidazole rings is 2. The van der Waals surface area contributed by atoms with Gasteiger partial charge in [-0.2, -0.15) is 0 Å². The maximum absolute atomic E-state index is 13.3. The van der Waals surface area contributed by atoms with Crippen molar-refractivity contribution >= 4 is 28.9 Å². The van der Waals surface area contributed by atoms with Crippen molar-refractivity contribution in [1.82, 2.24) is 44.1 Å². The number of aliphatic hydroxyl groups is 1. The molecule has 1 aliphatic heterocycles. The average molecular weight is 963 g/mol. The lowest BCUT2D eigenvalue weighted by Gasteiger charge is -2.37. The van der Waals surface area contributed by atoms with E-state index in [4.69, 9.17) is 28.4 Å². The number of hydrogen-bond donors (Lipinski definition) is 2. The SMILES string of the molecule is COc1ccc(C(OC[C@H]2O[C@@H](n3cnc4c(NC(=O)c5ccccc5)ncnc43)[C@H](OCc3cn(CCc4cncn4COC(=O)C(C)(C)C)nn3)[C@@H]2O)(c2ccccc2)c2ccc(OC)cc2)cc1. The van der Waals surface area contributed by atoms with Gasteiger partial charge in [0, 0.05) is 30.4 Å². The number of anilines is 1. The Morgan fingerprint density at radius 3 is 2.14 bits per heavy atom. The quantitative estimate of drug-likeness (QED) is 0.0652. The van der Waals surface area contributed by atoms with Gasteiger partial charge in [-0.1, -0.05) is 78.0 Å². The molecular weight excluding hydrogens is 909 g/mol. The number of ether oxygens (including phenoxy) is 6. The molecule has 71 heavy (non-hydrogen) atoms. The minimum atomic E-state index is -1.26. The lowest BCUT2D eigenvalue weighted by Crippen LogP contribution is -2.40. The molecule has 0 bridgehead atoms. The molecule has 5 heterocycles. The summed E-state index contributed by atoms with van der Waals surface area (Å²) in [5.74, 6) is 0.847. The van der Waals surface area contributed by atoms with Crippen LogP contribution in [0.2, 0.25) is 0 Å². The first-order chi connectivity index (χ1) is 34.4. The molecule has 1 aliphatic rings. The Morgan fingerprint density at radius 1 is 0.817 bits per heavy atom. The number of hydrogen-bond acceptors (Lipinski definition) is 15. The standard InChI is InChI=1S/C52H54N10O9/c1-51(2,3)50(65)69-33-60-31-53-26-39(60)24-25-61-27-38(58-59-61)28-68-45-44(63)42(71-49(45)62-32-56-43-46(54-30-55-47(43)62)57-48(64)34-12-8-6-9-13-34)29-70-52(35-14-10-7-11-15-35,36-16-20-40(66-4)21-17-36)37-18-22-41(67-5)23-19-37/h6-23,26-27,30-32,42,44-45,49,63H,24-25,28-29,33H2,1-5H3,(H,54,55,57,64)/t42-,44-,45-,49-/m1/s1. The zero-order valence-electron chi connectivity index (χ0n) is 39.9. The van der Waals surface area contributed by atoms with Gasteiger partial charge in [-0.05, 0) is 73.9 Å². The Labute approximate surface area is 409 Å². The molecular formula is C52H54N10O9. The summed E-state index contributed by atoms with van der Waals surface area (Å²) in [6, 6.07) is 33.9. The second-order valence-electron chi connectivity index (χ2n) is 17.9. The molecule has 0 radical (unpaired) electrons. The van der Waals surface area contributed by atoms with Gasteiger partial charge in [0.1, 0.15) is 47.4 Å². The number of benzene rings is 4. The summed E-state index contributed by atoms with van der Waals surface area (Å²) in [5.41, 5.74) is 2.97. The number of nitrogens with one attached hydrogen (secondary N) is 1. The van der Waals surface area contributed by atoms with Crippen molar-refractivity contribution in [1.29, 1.82) is 0 Å². The highest BCUT2D eigenvalue weighted by Crippen LogP contribution is 2.43. The number of amides is 1. The molecule has 8 aromatic rings. The van der Waals surface area contributed by atoms with Gasteiger partial charge in [-0.15, -0.1) is 5.10 Å². The van der Waals surface area contributed by atoms with Gasteiger partial charge in [0.2, 0.25) is 0 Å². The van der Waals surface area contributed by atoms with Crippen LogP contribution in [0.1, 0.15) is 65.4 Å². The molecule has 1 saturated heterocycles. The van der Waals surface area contributed by atoms with Gasteiger partial charge in [0.15, 0.2) is 29.9 Å². The van der Waals surface area contributed by atoms with E-state index in [-0.39, 0.29) is 37.6 Å². The highest BCUT2D eigenvalue weighted by molar-refractivity contribution is 6.06. The number of aliphatic hydroxyl groups excluding tert-OH is 1. The summed E-state index contributed by atoms with van der Waals surface area (Å²) in [6.45, 7) is 5.71. The predicted octanol–water partition coefficient (Wildman–Crippen LogP) is 6.53. The fourth-order valence-corrected chi connectivity index (χ4v) is 8.38. The molecule has 4 atom stereocenters. The molecule has 2 N–H and O–H groups in total. The fraction of sp³-hybridized carbons (Fsp3) is 0.308. The van der Waals surface area contributed by atoms with Crippen LogP contribution in [0.4, 0.5) is 5.82 Å². The van der Waals surface area contributed by atoms with Crippen LogP contribution < -0.4 is 14.8 Å². The van der Waals surface area contributed by atoms with E-state index in [9.17, 15) is 14.7 Å². The maximum atomic E-state index is 13.3. The monoisotopic (exact) mass is 962 g/mol. The van der Waals surface area contributed by atoms with Gasteiger partial charge in [-0.3, -0.25) is 18.8 Å². The Balaban J connectivity index is 1.00. The van der Waals surface area contributed by atoms with Crippen molar-refractivity contribution < 1.29 is 43.1 Å². The summed E-state index contributed by atoms with van der Waals surface area (Å²) in [5, 5.41) is 24.0. The van der Waals surface area contributed by atoms with Crippen LogP contribution in [0.15, 0.2) is 141 Å². The number of carbonyl (C=O) groups excluding carboxylic acids is 2. The van der Waals surface area contributed by atoms with Crippen molar-refractivity contribution in [3.8, 4) is 11.5 Å². The molecule has 19 nitrogen and oxygen atoms in total. The average Bonchev–Trinajstić information content (AvgIpc) is 4.22. The number of carbonyl (C=O) groups is 2. The van der Waals surface area contributed by atoms with E-state index in [1.54, 1.807) is 91.8 Å². The van der Waals surface area contributed by atoms with Crippen LogP contribution >= 0.6 is 0 Å². The Kier molecular flexibility index (Phi) is 14.3. The van der Waals surface area contributed by atoms with Crippen molar-refractivity contribution in [3.63, 3.8) is 0 Å². The lowest BCUT2D eigenvalue weighted by atomic mass is 9.80. The van der Waals surface area contributed by atoms with Gasteiger partial charge in [-0.25, -0.2) is 19.9 Å². The van der Waals surface area contributed by atoms with E-state index in [1.807, 2.05) is 84.9 Å². The van der Waals surface area contributed by atoms with E-state index in [0.29, 0.717) is 46.9 Å². The smallest absolute Gasteiger partial charge is 0.312 e. The van der Waals surface area contributed by atoms with E-state index >= 15 is 0 Å². The minimum Gasteiger partial charge on any atom is -0.497 e. The van der Waals surface area contributed by atoms with E-state index < -0.39 is 35.6 Å². The van der Waals surface area contributed by atoms with Crippen LogP contribution in [0.3, 0.4) is 0 Å². The van der Waals surface area contributed by atoms with Crippen molar-refractivity contribution in [3.05, 3.63) is 174 Å². The number of nitrogens with zero attached hydrogens (tertiary/aromatic N) is 9. The number of aromatic nitrogens is 9. The largest absolute Gasteiger partial charge is 0.497 e. The van der Waals surface area contributed by atoms with Gasteiger partial charge in [0.05, 0.1) is 51.7 Å². The van der Waals surface area contributed by atoms with Crippen LogP contribution in [0.5, 0.6) is 11.5 Å². The molecule has 0 spiro atoms. The summed E-state index contributed by atoms with van der Waals surface area (Å²) >= 11 is 0. The lowest BCUT2D eigenvalue weighted by molar-refractivity contribution is -0.157. The zero-order chi connectivity index (χ0) is 49.5. The maximum Gasteiger partial charge on any atom is 0.312 e. The number of esters is 1. The van der Waals surface area contributed by atoms with Crippen molar-refractivity contribution in [2.45, 2.75) is 77.2 Å². The predicted molar refractivity (Wildman–Crippen MR) is 258 cm³/mol. The molecule has 366 valence electrons. The molecule has 0 unspecified atom stereocenters.